The fourth-order valence-electron chi connectivity index (χ4n) is 2.42. The highest BCUT2D eigenvalue weighted by Gasteiger charge is 2.10. The Balaban J connectivity index is 1.67. The summed E-state index contributed by atoms with van der Waals surface area (Å²) >= 11 is 0. The lowest BCUT2D eigenvalue weighted by molar-refractivity contribution is 0.269. The molecule has 0 spiro atoms. The lowest BCUT2D eigenvalue weighted by atomic mass is 10.2. The number of nitrogens with zero attached hydrogens (tertiary/aromatic N) is 6. The van der Waals surface area contributed by atoms with Crippen molar-refractivity contribution in [3.63, 3.8) is 0 Å². The molecule has 0 fully saturated rings. The third-order valence-corrected chi connectivity index (χ3v) is 3.53. The smallest absolute Gasteiger partial charge is 0.185 e. The molecule has 1 aromatic carbocycles. The van der Waals surface area contributed by atoms with Gasteiger partial charge in [0.2, 0.25) is 0 Å². The van der Waals surface area contributed by atoms with Crippen LogP contribution >= 0.6 is 0 Å². The van der Waals surface area contributed by atoms with E-state index in [1.165, 1.54) is 0 Å². The van der Waals surface area contributed by atoms with Crippen LogP contribution in [0.5, 0.6) is 0 Å². The van der Waals surface area contributed by atoms with Crippen molar-refractivity contribution in [2.24, 2.45) is 0 Å². The van der Waals surface area contributed by atoms with Gasteiger partial charge >= 0.3 is 0 Å². The van der Waals surface area contributed by atoms with Crippen LogP contribution in [-0.4, -0.2) is 41.3 Å². The number of benzene rings is 1. The van der Waals surface area contributed by atoms with Gasteiger partial charge in [-0.15, -0.1) is 15.3 Å². The van der Waals surface area contributed by atoms with E-state index in [0.717, 1.165) is 11.3 Å². The maximum absolute atomic E-state index is 8.94. The molecule has 0 atom stereocenters. The zero-order valence-corrected chi connectivity index (χ0v) is 12.7. The molecule has 0 unspecified atom stereocenters. The van der Waals surface area contributed by atoms with Crippen LogP contribution in [0.25, 0.3) is 17.0 Å². The van der Waals surface area contributed by atoms with Crippen molar-refractivity contribution >= 4 is 17.2 Å². The van der Waals surface area contributed by atoms with Gasteiger partial charge in [0.15, 0.2) is 17.3 Å². The Labute approximate surface area is 137 Å². The van der Waals surface area contributed by atoms with Crippen molar-refractivity contribution in [3.8, 4) is 11.4 Å². The minimum atomic E-state index is 0.0481. The first kappa shape index (κ1) is 14.3. The Morgan fingerprint density at radius 3 is 2.75 bits per heavy atom. The number of aliphatic hydroxyl groups is 1. The Bertz CT molecular complexity index is 961. The van der Waals surface area contributed by atoms with Crippen LogP contribution in [0, 0.1) is 0 Å². The second kappa shape index (κ2) is 6.09. The van der Waals surface area contributed by atoms with E-state index in [2.05, 4.69) is 25.7 Å². The molecule has 2 N–H and O–H groups in total. The van der Waals surface area contributed by atoms with E-state index in [0.29, 0.717) is 23.8 Å². The van der Waals surface area contributed by atoms with Crippen LogP contribution < -0.4 is 5.32 Å². The third kappa shape index (κ3) is 2.70. The molecule has 0 saturated heterocycles. The van der Waals surface area contributed by atoms with Crippen molar-refractivity contribution in [1.82, 2.24) is 29.6 Å². The normalized spacial score (nSPS) is 11.0. The monoisotopic (exact) mass is 321 g/mol. The van der Waals surface area contributed by atoms with Crippen LogP contribution in [0.1, 0.15) is 0 Å². The molecule has 4 aromatic rings. The molecule has 0 saturated carbocycles. The first-order valence-corrected chi connectivity index (χ1v) is 7.52. The number of anilines is 2. The molecular weight excluding hydrogens is 306 g/mol. The fraction of sp³-hybridized carbons (Fsp3) is 0.125. The predicted molar refractivity (Wildman–Crippen MR) is 88.8 cm³/mol. The van der Waals surface area contributed by atoms with Crippen molar-refractivity contribution < 1.29 is 5.11 Å². The first-order chi connectivity index (χ1) is 11.8. The highest BCUT2D eigenvalue weighted by Crippen LogP contribution is 2.19. The average molecular weight is 321 g/mol. The van der Waals surface area contributed by atoms with Gasteiger partial charge in [-0.3, -0.25) is 4.68 Å². The summed E-state index contributed by atoms with van der Waals surface area (Å²) in [5.41, 5.74) is 2.42. The minimum Gasteiger partial charge on any atom is -0.394 e. The molecule has 0 bridgehead atoms. The number of hydrogen-bond acceptors (Lipinski definition) is 6. The minimum absolute atomic E-state index is 0.0481. The maximum Gasteiger partial charge on any atom is 0.185 e. The average Bonchev–Trinajstić information content (AvgIpc) is 3.23. The summed E-state index contributed by atoms with van der Waals surface area (Å²) in [6.45, 7) is 0.504. The Morgan fingerprint density at radius 2 is 1.92 bits per heavy atom. The lowest BCUT2D eigenvalue weighted by Crippen LogP contribution is -2.02. The fourth-order valence-corrected chi connectivity index (χ4v) is 2.42. The van der Waals surface area contributed by atoms with Gasteiger partial charge in [-0.05, 0) is 12.1 Å². The van der Waals surface area contributed by atoms with Crippen LogP contribution in [0.15, 0.2) is 54.9 Å². The Hall–Kier alpha value is -3.26. The molecule has 3 heterocycles. The number of aliphatic hydroxyl groups excluding tert-OH is 1. The van der Waals surface area contributed by atoms with Gasteiger partial charge < -0.3 is 10.4 Å². The summed E-state index contributed by atoms with van der Waals surface area (Å²) in [6.07, 6.45) is 3.50. The lowest BCUT2D eigenvalue weighted by Gasteiger charge is -2.04. The van der Waals surface area contributed by atoms with Gasteiger partial charge in [0.1, 0.15) is 0 Å². The number of rotatable bonds is 5. The van der Waals surface area contributed by atoms with Crippen molar-refractivity contribution in [2.75, 3.05) is 11.9 Å². The second-order valence-electron chi connectivity index (χ2n) is 5.22. The summed E-state index contributed by atoms with van der Waals surface area (Å²) in [5.74, 6) is 1.34. The van der Waals surface area contributed by atoms with Gasteiger partial charge in [-0.2, -0.15) is 9.61 Å². The van der Waals surface area contributed by atoms with E-state index in [4.69, 9.17) is 5.11 Å². The predicted octanol–water partition coefficient (Wildman–Crippen LogP) is 1.72. The standard InChI is InChI=1S/C16H15N7O/c24-9-8-22-11-13(10-17-22)18-14-6-7-15-19-20-16(23(15)21-14)12-4-2-1-3-5-12/h1-7,10-11,24H,8-9H2,(H,18,21). The van der Waals surface area contributed by atoms with Crippen molar-refractivity contribution in [1.29, 1.82) is 0 Å². The van der Waals surface area contributed by atoms with Crippen molar-refractivity contribution in [3.05, 3.63) is 54.9 Å². The SMILES string of the molecule is OCCn1cc(Nc2ccc3nnc(-c4ccccc4)n3n2)cn1. The molecule has 0 aliphatic rings. The van der Waals surface area contributed by atoms with Gasteiger partial charge in [0.25, 0.3) is 0 Å². The maximum atomic E-state index is 8.94. The molecule has 4 rings (SSSR count). The van der Waals surface area contributed by atoms with Crippen LogP contribution in [0.3, 0.4) is 0 Å². The first-order valence-electron chi connectivity index (χ1n) is 7.52. The summed E-state index contributed by atoms with van der Waals surface area (Å²) in [4.78, 5) is 0. The van der Waals surface area contributed by atoms with E-state index >= 15 is 0 Å². The third-order valence-electron chi connectivity index (χ3n) is 3.53. The van der Waals surface area contributed by atoms with Crippen molar-refractivity contribution in [2.45, 2.75) is 6.54 Å². The summed E-state index contributed by atoms with van der Waals surface area (Å²) < 4.78 is 3.37. The number of fused-ring (bicyclic) bond motifs is 1. The highest BCUT2D eigenvalue weighted by molar-refractivity contribution is 5.61. The summed E-state index contributed by atoms with van der Waals surface area (Å²) in [6, 6.07) is 13.5. The molecule has 8 nitrogen and oxygen atoms in total. The topological polar surface area (TPSA) is 93.2 Å². The molecule has 0 radical (unpaired) electrons. The van der Waals surface area contributed by atoms with Gasteiger partial charge in [0.05, 0.1) is 25.0 Å². The zero-order valence-electron chi connectivity index (χ0n) is 12.7. The zero-order chi connectivity index (χ0) is 16.4. The van der Waals surface area contributed by atoms with E-state index in [1.54, 1.807) is 15.4 Å². The van der Waals surface area contributed by atoms with E-state index in [-0.39, 0.29) is 6.61 Å². The van der Waals surface area contributed by atoms with E-state index in [9.17, 15) is 0 Å². The molecular formula is C16H15N7O. The van der Waals surface area contributed by atoms with Gasteiger partial charge in [0, 0.05) is 11.8 Å². The summed E-state index contributed by atoms with van der Waals surface area (Å²) in [7, 11) is 0. The molecule has 8 heteroatoms. The van der Waals surface area contributed by atoms with Crippen LogP contribution in [0.4, 0.5) is 11.5 Å². The Morgan fingerprint density at radius 1 is 1.04 bits per heavy atom. The summed E-state index contributed by atoms with van der Waals surface area (Å²) in [5, 5.41) is 29.2. The number of aromatic nitrogens is 6. The molecule has 3 aromatic heterocycles. The van der Waals surface area contributed by atoms with E-state index < -0.39 is 0 Å². The quantitative estimate of drug-likeness (QED) is 0.581. The molecule has 120 valence electrons. The number of hydrogen-bond donors (Lipinski definition) is 2. The highest BCUT2D eigenvalue weighted by atomic mass is 16.3. The Kier molecular flexibility index (Phi) is 3.64. The second-order valence-corrected chi connectivity index (χ2v) is 5.22. The molecule has 0 aliphatic heterocycles. The molecule has 0 amide bonds. The number of nitrogens with one attached hydrogen (secondary N) is 1. The molecule has 24 heavy (non-hydrogen) atoms. The molecule has 0 aliphatic carbocycles. The van der Waals surface area contributed by atoms with Gasteiger partial charge in [-0.25, -0.2) is 0 Å². The van der Waals surface area contributed by atoms with Gasteiger partial charge in [-0.1, -0.05) is 30.3 Å². The largest absolute Gasteiger partial charge is 0.394 e. The van der Waals surface area contributed by atoms with E-state index in [1.807, 2.05) is 48.7 Å². The van der Waals surface area contributed by atoms with Crippen LogP contribution in [-0.2, 0) is 6.54 Å². The van der Waals surface area contributed by atoms with Crippen LogP contribution in [0.2, 0.25) is 0 Å².